The first-order valence-corrected chi connectivity index (χ1v) is 7.30. The lowest BCUT2D eigenvalue weighted by Gasteiger charge is -2.03. The van der Waals surface area contributed by atoms with E-state index in [0.29, 0.717) is 10.7 Å². The molecule has 2 N–H and O–H groups in total. The first-order chi connectivity index (χ1) is 11.2. The summed E-state index contributed by atoms with van der Waals surface area (Å²) in [4.78, 5) is 18.7. The van der Waals surface area contributed by atoms with E-state index in [9.17, 15) is 4.79 Å². The highest BCUT2D eigenvalue weighted by Gasteiger charge is 2.02. The van der Waals surface area contributed by atoms with Gasteiger partial charge >= 0.3 is 0 Å². The standard InChI is InChI=1S/C17H13ClN4O/c18-14-8-4-5-12(9-14)11-19-22-17-20-15(10-16(23)21-17)13-6-2-1-3-7-13/h1-11H,(H2,20,21,22,23)/b19-11-. The van der Waals surface area contributed by atoms with Gasteiger partial charge in [-0.05, 0) is 17.7 Å². The highest BCUT2D eigenvalue weighted by atomic mass is 35.5. The second-order valence-electron chi connectivity index (χ2n) is 4.77. The van der Waals surface area contributed by atoms with Gasteiger partial charge < -0.3 is 0 Å². The van der Waals surface area contributed by atoms with Gasteiger partial charge in [0.25, 0.3) is 5.56 Å². The van der Waals surface area contributed by atoms with Crippen molar-refractivity contribution >= 4 is 23.8 Å². The molecule has 0 atom stereocenters. The molecule has 0 fully saturated rings. The highest BCUT2D eigenvalue weighted by molar-refractivity contribution is 6.30. The molecule has 1 heterocycles. The van der Waals surface area contributed by atoms with E-state index in [2.05, 4.69) is 20.5 Å². The van der Waals surface area contributed by atoms with Gasteiger partial charge in [0.1, 0.15) is 0 Å². The van der Waals surface area contributed by atoms with Crippen LogP contribution < -0.4 is 11.0 Å². The Bertz CT molecular complexity index is 890. The Morgan fingerprint density at radius 3 is 2.70 bits per heavy atom. The number of aromatic nitrogens is 2. The number of hydrogen-bond acceptors (Lipinski definition) is 4. The smallest absolute Gasteiger partial charge is 0.252 e. The van der Waals surface area contributed by atoms with Crippen LogP contribution in [0.1, 0.15) is 5.56 Å². The summed E-state index contributed by atoms with van der Waals surface area (Å²) in [5.74, 6) is 0.273. The number of halogens is 1. The van der Waals surface area contributed by atoms with Gasteiger partial charge in [0, 0.05) is 16.7 Å². The van der Waals surface area contributed by atoms with Crippen molar-refractivity contribution in [3.05, 3.63) is 81.6 Å². The van der Waals surface area contributed by atoms with Crippen molar-refractivity contribution in [1.29, 1.82) is 0 Å². The minimum atomic E-state index is -0.251. The third kappa shape index (κ3) is 4.05. The van der Waals surface area contributed by atoms with Crippen LogP contribution in [0.5, 0.6) is 0 Å². The van der Waals surface area contributed by atoms with Crippen LogP contribution >= 0.6 is 11.6 Å². The number of nitrogens with one attached hydrogen (secondary N) is 2. The van der Waals surface area contributed by atoms with Crippen LogP contribution in [0.25, 0.3) is 11.3 Å². The molecule has 5 nitrogen and oxygen atoms in total. The van der Waals surface area contributed by atoms with Crippen molar-refractivity contribution in [3.8, 4) is 11.3 Å². The number of H-pyrrole nitrogens is 1. The van der Waals surface area contributed by atoms with E-state index in [-0.39, 0.29) is 11.5 Å². The van der Waals surface area contributed by atoms with Gasteiger partial charge in [0.05, 0.1) is 11.9 Å². The summed E-state index contributed by atoms with van der Waals surface area (Å²) < 4.78 is 0. The minimum Gasteiger partial charge on any atom is -0.291 e. The van der Waals surface area contributed by atoms with Crippen LogP contribution in [-0.2, 0) is 0 Å². The quantitative estimate of drug-likeness (QED) is 0.569. The summed E-state index contributed by atoms with van der Waals surface area (Å²) in [6.45, 7) is 0. The molecule has 0 aliphatic heterocycles. The molecular weight excluding hydrogens is 312 g/mol. The Labute approximate surface area is 137 Å². The van der Waals surface area contributed by atoms with E-state index in [0.717, 1.165) is 11.1 Å². The molecule has 0 spiro atoms. The second kappa shape index (κ2) is 6.89. The average molecular weight is 325 g/mol. The molecule has 3 rings (SSSR count). The Hall–Kier alpha value is -2.92. The topological polar surface area (TPSA) is 70.1 Å². The number of aromatic amines is 1. The first kappa shape index (κ1) is 15.0. The molecule has 0 saturated carbocycles. The maximum atomic E-state index is 11.8. The van der Waals surface area contributed by atoms with E-state index in [4.69, 9.17) is 11.6 Å². The van der Waals surface area contributed by atoms with E-state index in [1.54, 1.807) is 18.3 Å². The molecule has 0 bridgehead atoms. The van der Waals surface area contributed by atoms with Gasteiger partial charge in [-0.25, -0.2) is 10.4 Å². The largest absolute Gasteiger partial charge is 0.291 e. The van der Waals surface area contributed by atoms with Crippen LogP contribution in [0.2, 0.25) is 5.02 Å². The normalized spacial score (nSPS) is 10.8. The molecule has 23 heavy (non-hydrogen) atoms. The van der Waals surface area contributed by atoms with Gasteiger partial charge in [-0.1, -0.05) is 54.1 Å². The van der Waals surface area contributed by atoms with Crippen LogP contribution in [0.3, 0.4) is 0 Å². The fourth-order valence-electron chi connectivity index (χ4n) is 2.02. The molecule has 0 unspecified atom stereocenters. The summed E-state index contributed by atoms with van der Waals surface area (Å²) in [5.41, 5.74) is 4.75. The molecule has 114 valence electrons. The number of anilines is 1. The third-order valence-electron chi connectivity index (χ3n) is 3.04. The summed E-state index contributed by atoms with van der Waals surface area (Å²) in [6.07, 6.45) is 1.60. The highest BCUT2D eigenvalue weighted by Crippen LogP contribution is 2.15. The number of nitrogens with zero attached hydrogens (tertiary/aromatic N) is 2. The molecule has 0 radical (unpaired) electrons. The predicted octanol–water partition coefficient (Wildman–Crippen LogP) is 3.54. The molecule has 0 saturated heterocycles. The van der Waals surface area contributed by atoms with Crippen molar-refractivity contribution in [2.24, 2.45) is 5.10 Å². The molecule has 0 aliphatic carbocycles. The van der Waals surface area contributed by atoms with Crippen LogP contribution in [-0.4, -0.2) is 16.2 Å². The monoisotopic (exact) mass is 324 g/mol. The Kier molecular flexibility index (Phi) is 4.49. The maximum Gasteiger partial charge on any atom is 0.252 e. The number of rotatable bonds is 4. The Morgan fingerprint density at radius 2 is 1.91 bits per heavy atom. The van der Waals surface area contributed by atoms with Crippen molar-refractivity contribution in [2.45, 2.75) is 0 Å². The lowest BCUT2D eigenvalue weighted by molar-refractivity contribution is 1.09. The lowest BCUT2D eigenvalue weighted by Crippen LogP contribution is -2.10. The van der Waals surface area contributed by atoms with Crippen molar-refractivity contribution in [2.75, 3.05) is 5.43 Å². The number of hydrazone groups is 1. The lowest BCUT2D eigenvalue weighted by atomic mass is 10.1. The van der Waals surface area contributed by atoms with Crippen LogP contribution in [0.15, 0.2) is 70.6 Å². The molecular formula is C17H13ClN4O. The van der Waals surface area contributed by atoms with Gasteiger partial charge in [0.2, 0.25) is 5.95 Å². The second-order valence-corrected chi connectivity index (χ2v) is 5.21. The average Bonchev–Trinajstić information content (AvgIpc) is 2.55. The number of hydrogen-bond donors (Lipinski definition) is 2. The van der Waals surface area contributed by atoms with E-state index < -0.39 is 0 Å². The zero-order chi connectivity index (χ0) is 16.1. The van der Waals surface area contributed by atoms with Crippen molar-refractivity contribution in [1.82, 2.24) is 9.97 Å². The first-order valence-electron chi connectivity index (χ1n) is 6.92. The van der Waals surface area contributed by atoms with E-state index in [1.165, 1.54) is 6.07 Å². The summed E-state index contributed by atoms with van der Waals surface area (Å²) in [5, 5.41) is 4.69. The molecule has 0 aliphatic rings. The molecule has 6 heteroatoms. The molecule has 1 aromatic heterocycles. The van der Waals surface area contributed by atoms with E-state index in [1.807, 2.05) is 42.5 Å². The Morgan fingerprint density at radius 1 is 1.09 bits per heavy atom. The van der Waals surface area contributed by atoms with Crippen molar-refractivity contribution < 1.29 is 0 Å². The molecule has 3 aromatic rings. The predicted molar refractivity (Wildman–Crippen MR) is 93.0 cm³/mol. The Balaban J connectivity index is 1.81. The summed E-state index contributed by atoms with van der Waals surface area (Å²) >= 11 is 5.91. The maximum absolute atomic E-state index is 11.8. The fourth-order valence-corrected chi connectivity index (χ4v) is 2.22. The van der Waals surface area contributed by atoms with Gasteiger partial charge in [-0.2, -0.15) is 5.10 Å². The molecule has 0 amide bonds. The van der Waals surface area contributed by atoms with Gasteiger partial charge in [-0.15, -0.1) is 0 Å². The van der Waals surface area contributed by atoms with E-state index >= 15 is 0 Å². The zero-order valence-corrected chi connectivity index (χ0v) is 12.8. The van der Waals surface area contributed by atoms with Crippen LogP contribution in [0, 0.1) is 0 Å². The fraction of sp³-hybridized carbons (Fsp3) is 0. The third-order valence-corrected chi connectivity index (χ3v) is 3.28. The summed E-state index contributed by atoms with van der Waals surface area (Å²) in [6, 6.07) is 18.2. The SMILES string of the molecule is O=c1cc(-c2ccccc2)nc(N/N=C\c2cccc(Cl)c2)[nH]1. The zero-order valence-electron chi connectivity index (χ0n) is 12.0. The van der Waals surface area contributed by atoms with Crippen molar-refractivity contribution in [3.63, 3.8) is 0 Å². The number of benzene rings is 2. The minimum absolute atomic E-state index is 0.251. The van der Waals surface area contributed by atoms with Gasteiger partial charge in [0.15, 0.2) is 0 Å². The van der Waals surface area contributed by atoms with Crippen LogP contribution in [0.4, 0.5) is 5.95 Å². The summed E-state index contributed by atoms with van der Waals surface area (Å²) in [7, 11) is 0. The molecule has 2 aromatic carbocycles. The van der Waals surface area contributed by atoms with Gasteiger partial charge in [-0.3, -0.25) is 9.78 Å².